The second-order valence-corrected chi connectivity index (χ2v) is 5.41. The van der Waals surface area contributed by atoms with E-state index in [1.807, 2.05) is 0 Å². The van der Waals surface area contributed by atoms with Crippen LogP contribution >= 0.6 is 0 Å². The molecule has 1 aromatic carbocycles. The van der Waals surface area contributed by atoms with Crippen LogP contribution in [-0.4, -0.2) is 24.0 Å². The SMILES string of the molecule is C[C@H](Oc1ccc(C(=O)NC2CCCCC2)cc1)C(=O)[O-]. The topological polar surface area (TPSA) is 78.5 Å². The molecule has 5 heteroatoms. The van der Waals surface area contributed by atoms with E-state index >= 15 is 0 Å². The molecule has 1 fully saturated rings. The largest absolute Gasteiger partial charge is 0.546 e. The van der Waals surface area contributed by atoms with Gasteiger partial charge >= 0.3 is 0 Å². The molecule has 2 rings (SSSR count). The first-order valence-electron chi connectivity index (χ1n) is 7.34. The molecule has 0 spiro atoms. The first kappa shape index (κ1) is 15.4. The molecule has 114 valence electrons. The summed E-state index contributed by atoms with van der Waals surface area (Å²) in [7, 11) is 0. The monoisotopic (exact) mass is 290 g/mol. The maximum Gasteiger partial charge on any atom is 0.251 e. The molecule has 1 atom stereocenters. The summed E-state index contributed by atoms with van der Waals surface area (Å²) in [4.78, 5) is 22.7. The molecule has 1 amide bonds. The number of amides is 1. The number of hydrogen-bond donors (Lipinski definition) is 1. The molecule has 0 heterocycles. The van der Waals surface area contributed by atoms with Crippen LogP contribution in [0.1, 0.15) is 49.4 Å². The Bertz CT molecular complexity index is 492. The van der Waals surface area contributed by atoms with E-state index in [9.17, 15) is 14.7 Å². The third-order valence-electron chi connectivity index (χ3n) is 3.70. The van der Waals surface area contributed by atoms with Gasteiger partial charge in [-0.25, -0.2) is 0 Å². The smallest absolute Gasteiger partial charge is 0.251 e. The summed E-state index contributed by atoms with van der Waals surface area (Å²) in [6.45, 7) is 1.40. The van der Waals surface area contributed by atoms with Crippen LogP contribution < -0.4 is 15.2 Å². The third-order valence-corrected chi connectivity index (χ3v) is 3.70. The number of carbonyl (C=O) groups is 2. The minimum atomic E-state index is -1.27. The van der Waals surface area contributed by atoms with Crippen LogP contribution in [0.2, 0.25) is 0 Å². The molecule has 5 nitrogen and oxygen atoms in total. The summed E-state index contributed by atoms with van der Waals surface area (Å²) in [5.41, 5.74) is 0.550. The van der Waals surface area contributed by atoms with Gasteiger partial charge in [-0.1, -0.05) is 19.3 Å². The van der Waals surface area contributed by atoms with Gasteiger partial charge in [-0.15, -0.1) is 0 Å². The van der Waals surface area contributed by atoms with Gasteiger partial charge in [-0.2, -0.15) is 0 Å². The summed E-state index contributed by atoms with van der Waals surface area (Å²) in [5, 5.41) is 13.6. The number of carboxylic acids is 1. The lowest BCUT2D eigenvalue weighted by atomic mass is 9.95. The molecule has 0 aliphatic heterocycles. The van der Waals surface area contributed by atoms with Crippen molar-refractivity contribution in [3.8, 4) is 5.75 Å². The minimum Gasteiger partial charge on any atom is -0.546 e. The highest BCUT2D eigenvalue weighted by Gasteiger charge is 2.16. The van der Waals surface area contributed by atoms with E-state index in [-0.39, 0.29) is 11.9 Å². The number of benzene rings is 1. The second kappa shape index (κ2) is 7.11. The fourth-order valence-electron chi connectivity index (χ4n) is 2.45. The first-order valence-corrected chi connectivity index (χ1v) is 7.34. The Morgan fingerprint density at radius 3 is 2.38 bits per heavy atom. The number of rotatable bonds is 5. The first-order chi connectivity index (χ1) is 10.1. The Morgan fingerprint density at radius 1 is 1.19 bits per heavy atom. The molecule has 0 radical (unpaired) electrons. The van der Waals surface area contributed by atoms with Gasteiger partial charge < -0.3 is 20.0 Å². The summed E-state index contributed by atoms with van der Waals surface area (Å²) < 4.78 is 5.17. The van der Waals surface area contributed by atoms with Crippen molar-refractivity contribution in [1.82, 2.24) is 5.32 Å². The average molecular weight is 290 g/mol. The van der Waals surface area contributed by atoms with Crippen LogP contribution in [0.15, 0.2) is 24.3 Å². The van der Waals surface area contributed by atoms with Crippen LogP contribution in [0, 0.1) is 0 Å². The number of carboxylic acid groups (broad SMARTS) is 1. The highest BCUT2D eigenvalue weighted by atomic mass is 16.5. The Balaban J connectivity index is 1.91. The van der Waals surface area contributed by atoms with Gasteiger partial charge in [0.1, 0.15) is 11.9 Å². The zero-order valence-electron chi connectivity index (χ0n) is 12.1. The van der Waals surface area contributed by atoms with E-state index in [0.29, 0.717) is 11.3 Å². The molecule has 1 aliphatic rings. The van der Waals surface area contributed by atoms with Gasteiger partial charge in [-0.3, -0.25) is 4.79 Å². The predicted molar refractivity (Wildman–Crippen MR) is 75.9 cm³/mol. The maximum atomic E-state index is 12.1. The molecular weight excluding hydrogens is 270 g/mol. The third kappa shape index (κ3) is 4.48. The molecule has 1 aromatic rings. The Labute approximate surface area is 124 Å². The lowest BCUT2D eigenvalue weighted by molar-refractivity contribution is -0.312. The number of hydrogen-bond acceptors (Lipinski definition) is 4. The van der Waals surface area contributed by atoms with Gasteiger partial charge in [0, 0.05) is 11.6 Å². The van der Waals surface area contributed by atoms with Gasteiger partial charge in [0.2, 0.25) is 0 Å². The Morgan fingerprint density at radius 2 is 1.81 bits per heavy atom. The molecule has 1 saturated carbocycles. The normalized spacial score (nSPS) is 17.0. The van der Waals surface area contributed by atoms with Crippen molar-refractivity contribution >= 4 is 11.9 Å². The maximum absolute atomic E-state index is 12.1. The van der Waals surface area contributed by atoms with Crippen LogP contribution in [0.3, 0.4) is 0 Å². The van der Waals surface area contributed by atoms with Gasteiger partial charge in [0.15, 0.2) is 0 Å². The molecule has 0 saturated heterocycles. The Kier molecular flexibility index (Phi) is 5.20. The standard InChI is InChI=1S/C16H21NO4/c1-11(16(19)20)21-14-9-7-12(8-10-14)15(18)17-13-5-3-2-4-6-13/h7-11,13H,2-6H2,1H3,(H,17,18)(H,19,20)/p-1/t11-/m0/s1. The van der Waals surface area contributed by atoms with Crippen molar-refractivity contribution in [2.24, 2.45) is 0 Å². The molecule has 0 unspecified atom stereocenters. The second-order valence-electron chi connectivity index (χ2n) is 5.41. The highest BCUT2D eigenvalue weighted by molar-refractivity contribution is 5.94. The lowest BCUT2D eigenvalue weighted by Crippen LogP contribution is -2.37. The molecular formula is C16H20NO4-. The van der Waals surface area contributed by atoms with Gasteiger partial charge in [0.25, 0.3) is 5.91 Å². The summed E-state index contributed by atoms with van der Waals surface area (Å²) >= 11 is 0. The summed E-state index contributed by atoms with van der Waals surface area (Å²) in [6.07, 6.45) is 4.63. The number of carbonyl (C=O) groups excluding carboxylic acids is 2. The zero-order chi connectivity index (χ0) is 15.2. The number of nitrogens with one attached hydrogen (secondary N) is 1. The number of ether oxygens (including phenoxy) is 1. The molecule has 1 N–H and O–H groups in total. The lowest BCUT2D eigenvalue weighted by Gasteiger charge is -2.22. The van der Waals surface area contributed by atoms with Crippen molar-refractivity contribution in [2.45, 2.75) is 51.2 Å². The van der Waals surface area contributed by atoms with E-state index in [4.69, 9.17) is 4.74 Å². The highest BCUT2D eigenvalue weighted by Crippen LogP contribution is 2.18. The quantitative estimate of drug-likeness (QED) is 0.885. The predicted octanol–water partition coefficient (Wildman–Crippen LogP) is 1.27. The van der Waals surface area contributed by atoms with Crippen LogP contribution in [0.4, 0.5) is 0 Å². The Hall–Kier alpha value is -2.04. The van der Waals surface area contributed by atoms with Crippen molar-refractivity contribution in [3.63, 3.8) is 0 Å². The fraction of sp³-hybridized carbons (Fsp3) is 0.500. The van der Waals surface area contributed by atoms with E-state index in [0.717, 1.165) is 12.8 Å². The van der Waals surface area contributed by atoms with E-state index in [1.165, 1.54) is 26.2 Å². The minimum absolute atomic E-state index is 0.0959. The fourth-order valence-corrected chi connectivity index (χ4v) is 2.45. The summed E-state index contributed by atoms with van der Waals surface area (Å²) in [6, 6.07) is 6.72. The van der Waals surface area contributed by atoms with Crippen molar-refractivity contribution in [1.29, 1.82) is 0 Å². The van der Waals surface area contributed by atoms with E-state index < -0.39 is 12.1 Å². The van der Waals surface area contributed by atoms with Crippen molar-refractivity contribution in [2.75, 3.05) is 0 Å². The zero-order valence-corrected chi connectivity index (χ0v) is 12.1. The molecule has 1 aliphatic carbocycles. The van der Waals surface area contributed by atoms with Crippen molar-refractivity contribution in [3.05, 3.63) is 29.8 Å². The average Bonchev–Trinajstić information content (AvgIpc) is 2.48. The van der Waals surface area contributed by atoms with Crippen molar-refractivity contribution < 1.29 is 19.4 Å². The van der Waals surface area contributed by atoms with Gasteiger partial charge in [-0.05, 0) is 44.0 Å². The molecule has 0 bridgehead atoms. The number of aliphatic carboxylic acids is 1. The molecule has 21 heavy (non-hydrogen) atoms. The van der Waals surface area contributed by atoms with E-state index in [1.54, 1.807) is 24.3 Å². The van der Waals surface area contributed by atoms with Gasteiger partial charge in [0.05, 0.1) is 5.97 Å². The van der Waals surface area contributed by atoms with E-state index in [2.05, 4.69) is 5.32 Å². The van der Waals surface area contributed by atoms with Crippen LogP contribution in [0.25, 0.3) is 0 Å². The summed E-state index contributed by atoms with van der Waals surface area (Å²) in [5.74, 6) is -0.962. The van der Waals surface area contributed by atoms with Crippen LogP contribution in [0.5, 0.6) is 5.75 Å². The molecule has 0 aromatic heterocycles. The van der Waals surface area contributed by atoms with Crippen LogP contribution in [-0.2, 0) is 4.79 Å².